The second kappa shape index (κ2) is 4.22. The summed E-state index contributed by atoms with van der Waals surface area (Å²) < 4.78 is 2.19. The molecule has 0 bridgehead atoms. The molecule has 0 amide bonds. The Morgan fingerprint density at radius 3 is 2.69 bits per heavy atom. The molecule has 0 aromatic carbocycles. The summed E-state index contributed by atoms with van der Waals surface area (Å²) in [7, 11) is 2.10. The summed E-state index contributed by atoms with van der Waals surface area (Å²) in [5.74, 6) is 0. The van der Waals surface area contributed by atoms with Gasteiger partial charge in [0.2, 0.25) is 5.35 Å². The van der Waals surface area contributed by atoms with Crippen LogP contribution in [0.3, 0.4) is 0 Å². The van der Waals surface area contributed by atoms with Gasteiger partial charge in [0.05, 0.1) is 0 Å². The van der Waals surface area contributed by atoms with Gasteiger partial charge in [-0.2, -0.15) is 0 Å². The Kier molecular flexibility index (Phi) is 3.24. The Balaban J connectivity index is 3.59. The second-order valence-corrected chi connectivity index (χ2v) is 3.37. The number of rotatable bonds is 1. The second-order valence-electron chi connectivity index (χ2n) is 3.37. The van der Waals surface area contributed by atoms with E-state index in [2.05, 4.69) is 56.8 Å². The van der Waals surface area contributed by atoms with Crippen molar-refractivity contribution >= 4 is 12.2 Å². The van der Waals surface area contributed by atoms with E-state index in [0.29, 0.717) is 0 Å². The largest absolute Gasteiger partial charge is 0.207 e. The van der Waals surface area contributed by atoms with Crippen molar-refractivity contribution in [3.63, 3.8) is 0 Å². The molecule has 0 aliphatic rings. The maximum atomic E-state index is 2.26. The van der Waals surface area contributed by atoms with Crippen LogP contribution in [0.4, 0.5) is 0 Å². The first-order valence-corrected chi connectivity index (χ1v) is 4.82. The number of pyridine rings is 1. The standard InChI is InChI=1S/C12H18N/c1-5-7-12-11(6-2)8-10(3)9-13(12)4/h6-9H,5H2,1-4H3/q+1/b11-6-,12-7+. The molecule has 0 saturated carbocycles. The lowest BCUT2D eigenvalue weighted by atomic mass is 10.2. The van der Waals surface area contributed by atoms with Gasteiger partial charge in [0.25, 0.3) is 0 Å². The highest BCUT2D eigenvalue weighted by Gasteiger charge is 1.99. The van der Waals surface area contributed by atoms with Crippen molar-refractivity contribution in [3.8, 4) is 0 Å². The fourth-order valence-electron chi connectivity index (χ4n) is 1.62. The molecule has 0 saturated heterocycles. The first-order valence-electron chi connectivity index (χ1n) is 4.82. The highest BCUT2D eigenvalue weighted by atomic mass is 14.9. The van der Waals surface area contributed by atoms with Gasteiger partial charge in [0, 0.05) is 10.8 Å². The molecule has 0 radical (unpaired) electrons. The zero-order valence-corrected chi connectivity index (χ0v) is 8.96. The molecule has 1 aromatic heterocycles. The van der Waals surface area contributed by atoms with Crippen molar-refractivity contribution in [2.24, 2.45) is 7.05 Å². The number of hydrogen-bond donors (Lipinski definition) is 0. The van der Waals surface area contributed by atoms with Crippen LogP contribution in [0.1, 0.15) is 25.8 Å². The Morgan fingerprint density at radius 2 is 2.15 bits per heavy atom. The van der Waals surface area contributed by atoms with Crippen LogP contribution in [0.25, 0.3) is 12.2 Å². The number of aromatic nitrogens is 1. The van der Waals surface area contributed by atoms with Gasteiger partial charge >= 0.3 is 0 Å². The minimum absolute atomic E-state index is 1.08. The number of nitrogens with zero attached hydrogens (tertiary/aromatic N) is 1. The van der Waals surface area contributed by atoms with E-state index in [9.17, 15) is 0 Å². The highest BCUT2D eigenvalue weighted by Crippen LogP contribution is 1.82. The summed E-state index contributed by atoms with van der Waals surface area (Å²) in [6.07, 6.45) is 7.66. The van der Waals surface area contributed by atoms with E-state index in [-0.39, 0.29) is 0 Å². The maximum absolute atomic E-state index is 2.26. The molecular weight excluding hydrogens is 158 g/mol. The van der Waals surface area contributed by atoms with E-state index >= 15 is 0 Å². The SMILES string of the molecule is C/C=c1/cc(C)c[n+](C)/c1=C/CC. The molecule has 70 valence electrons. The van der Waals surface area contributed by atoms with Gasteiger partial charge in [-0.25, -0.2) is 4.57 Å². The number of aryl methyl sites for hydroxylation is 2. The lowest BCUT2D eigenvalue weighted by molar-refractivity contribution is -0.685. The lowest BCUT2D eigenvalue weighted by Gasteiger charge is -1.93. The zero-order valence-electron chi connectivity index (χ0n) is 8.96. The molecule has 0 fully saturated rings. The third-order valence-corrected chi connectivity index (χ3v) is 2.16. The smallest absolute Gasteiger partial charge is 0.201 e. The highest BCUT2D eigenvalue weighted by molar-refractivity contribution is 5.26. The van der Waals surface area contributed by atoms with E-state index in [0.717, 1.165) is 6.42 Å². The molecule has 1 heterocycles. The van der Waals surface area contributed by atoms with Crippen LogP contribution in [0.2, 0.25) is 0 Å². The fourth-order valence-corrected chi connectivity index (χ4v) is 1.62. The first kappa shape index (κ1) is 9.97. The minimum Gasteiger partial charge on any atom is -0.201 e. The molecule has 13 heavy (non-hydrogen) atoms. The molecule has 1 rings (SSSR count). The Bertz CT molecular complexity index is 402. The van der Waals surface area contributed by atoms with Crippen molar-refractivity contribution in [2.45, 2.75) is 27.2 Å². The van der Waals surface area contributed by atoms with Gasteiger partial charge < -0.3 is 0 Å². The molecular formula is C12H18N+. The summed E-state index contributed by atoms with van der Waals surface area (Å²) in [6, 6.07) is 2.22. The van der Waals surface area contributed by atoms with E-state index in [1.165, 1.54) is 16.1 Å². The van der Waals surface area contributed by atoms with Crippen LogP contribution in [0, 0.1) is 6.92 Å². The van der Waals surface area contributed by atoms with Crippen LogP contribution in [-0.4, -0.2) is 0 Å². The Hall–Kier alpha value is -1.11. The Morgan fingerprint density at radius 1 is 1.46 bits per heavy atom. The van der Waals surface area contributed by atoms with Crippen LogP contribution < -0.4 is 15.1 Å². The maximum Gasteiger partial charge on any atom is 0.207 e. The fraction of sp³-hybridized carbons (Fsp3) is 0.417. The van der Waals surface area contributed by atoms with E-state index < -0.39 is 0 Å². The van der Waals surface area contributed by atoms with Crippen LogP contribution in [0.5, 0.6) is 0 Å². The van der Waals surface area contributed by atoms with Crippen LogP contribution in [-0.2, 0) is 7.05 Å². The molecule has 1 aromatic rings. The lowest BCUT2D eigenvalue weighted by Crippen LogP contribution is -2.54. The van der Waals surface area contributed by atoms with Gasteiger partial charge in [0.1, 0.15) is 7.05 Å². The number of hydrogen-bond acceptors (Lipinski definition) is 0. The summed E-state index contributed by atoms with van der Waals surface area (Å²) in [4.78, 5) is 0. The van der Waals surface area contributed by atoms with E-state index in [1.54, 1.807) is 0 Å². The third-order valence-electron chi connectivity index (χ3n) is 2.16. The van der Waals surface area contributed by atoms with Crippen molar-refractivity contribution in [1.29, 1.82) is 0 Å². The first-order chi connectivity index (χ1) is 6.19. The molecule has 0 aliphatic carbocycles. The molecule has 0 atom stereocenters. The molecule has 0 N–H and O–H groups in total. The van der Waals surface area contributed by atoms with Crippen LogP contribution in [0.15, 0.2) is 12.3 Å². The van der Waals surface area contributed by atoms with Crippen molar-refractivity contribution < 1.29 is 4.57 Å². The summed E-state index contributed by atoms with van der Waals surface area (Å²) in [6.45, 7) is 6.38. The van der Waals surface area contributed by atoms with Gasteiger partial charge in [-0.1, -0.05) is 13.0 Å². The van der Waals surface area contributed by atoms with Crippen molar-refractivity contribution in [2.75, 3.05) is 0 Å². The van der Waals surface area contributed by atoms with E-state index in [4.69, 9.17) is 0 Å². The quantitative estimate of drug-likeness (QED) is 0.558. The monoisotopic (exact) mass is 176 g/mol. The predicted octanol–water partition coefficient (Wildman–Crippen LogP) is 0.810. The molecule has 0 unspecified atom stereocenters. The van der Waals surface area contributed by atoms with Gasteiger partial charge in [-0.05, 0) is 32.4 Å². The molecule has 0 aliphatic heterocycles. The van der Waals surface area contributed by atoms with Gasteiger partial charge in [0.15, 0.2) is 6.20 Å². The average Bonchev–Trinajstić information content (AvgIpc) is 2.09. The zero-order chi connectivity index (χ0) is 9.84. The van der Waals surface area contributed by atoms with Crippen molar-refractivity contribution in [3.05, 3.63) is 28.4 Å². The van der Waals surface area contributed by atoms with Crippen molar-refractivity contribution in [1.82, 2.24) is 0 Å². The Labute approximate surface area is 80.0 Å². The minimum atomic E-state index is 1.08. The van der Waals surface area contributed by atoms with Crippen LogP contribution >= 0.6 is 0 Å². The average molecular weight is 176 g/mol. The van der Waals surface area contributed by atoms with E-state index in [1.807, 2.05) is 0 Å². The molecule has 0 spiro atoms. The van der Waals surface area contributed by atoms with Gasteiger partial charge in [-0.15, -0.1) is 0 Å². The van der Waals surface area contributed by atoms with Gasteiger partial charge in [-0.3, -0.25) is 0 Å². The summed E-state index contributed by atoms with van der Waals surface area (Å²) in [5, 5.41) is 2.64. The third kappa shape index (κ3) is 2.18. The predicted molar refractivity (Wildman–Crippen MR) is 56.5 cm³/mol. The summed E-state index contributed by atoms with van der Waals surface area (Å²) in [5.41, 5.74) is 1.31. The summed E-state index contributed by atoms with van der Waals surface area (Å²) >= 11 is 0. The topological polar surface area (TPSA) is 3.88 Å². The normalized spacial score (nSPS) is 13.8. The molecule has 1 heteroatoms. The molecule has 1 nitrogen and oxygen atoms in total.